The summed E-state index contributed by atoms with van der Waals surface area (Å²) >= 11 is 0. The van der Waals surface area contributed by atoms with E-state index in [4.69, 9.17) is 10.00 Å². The fraction of sp³-hybridized carbons (Fsp3) is 0.846. The Morgan fingerprint density at radius 1 is 1.44 bits per heavy atom. The van der Waals surface area contributed by atoms with E-state index >= 15 is 0 Å². The molecule has 0 unspecified atom stereocenters. The van der Waals surface area contributed by atoms with Crippen molar-refractivity contribution in [3.05, 3.63) is 0 Å². The van der Waals surface area contributed by atoms with Crippen molar-refractivity contribution in [2.45, 2.75) is 26.7 Å². The molecule has 0 aromatic heterocycles. The molecule has 1 aliphatic rings. The Morgan fingerprint density at radius 2 is 2.11 bits per heavy atom. The number of rotatable bonds is 6. The van der Waals surface area contributed by atoms with Crippen LogP contribution in [0.15, 0.2) is 0 Å². The Kier molecular flexibility index (Phi) is 6.10. The summed E-state index contributed by atoms with van der Waals surface area (Å²) in [6.45, 7) is 7.71. The summed E-state index contributed by atoms with van der Waals surface area (Å²) in [4.78, 5) is 13.6. The van der Waals surface area contributed by atoms with Crippen molar-refractivity contribution in [2.24, 2.45) is 5.41 Å². The highest BCUT2D eigenvalue weighted by Crippen LogP contribution is 2.19. The van der Waals surface area contributed by atoms with Gasteiger partial charge in [-0.15, -0.1) is 0 Å². The normalized spacial score (nSPS) is 16.4. The van der Waals surface area contributed by atoms with Gasteiger partial charge in [0.2, 0.25) is 5.91 Å². The number of morpholine rings is 1. The number of hydrogen-bond acceptors (Lipinski definition) is 4. The smallest absolute Gasteiger partial charge is 0.236 e. The number of ether oxygens (including phenoxy) is 1. The molecule has 0 bridgehead atoms. The van der Waals surface area contributed by atoms with Crippen molar-refractivity contribution in [1.29, 1.82) is 5.26 Å². The van der Waals surface area contributed by atoms with Crippen LogP contribution in [0.4, 0.5) is 0 Å². The number of carbonyl (C=O) groups is 1. The zero-order chi connectivity index (χ0) is 13.4. The summed E-state index contributed by atoms with van der Waals surface area (Å²) in [5, 5.41) is 12.0. The third-order valence-corrected chi connectivity index (χ3v) is 3.10. The Balaban J connectivity index is 2.07. The van der Waals surface area contributed by atoms with E-state index in [1.165, 1.54) is 0 Å². The Bertz CT molecular complexity index is 304. The van der Waals surface area contributed by atoms with E-state index in [-0.39, 0.29) is 11.3 Å². The third kappa shape index (κ3) is 5.48. The first-order valence-corrected chi connectivity index (χ1v) is 6.53. The Hall–Kier alpha value is -1.12. The molecule has 1 fully saturated rings. The van der Waals surface area contributed by atoms with E-state index in [0.717, 1.165) is 19.4 Å². The highest BCUT2D eigenvalue weighted by molar-refractivity contribution is 5.78. The fourth-order valence-corrected chi connectivity index (χ4v) is 1.83. The van der Waals surface area contributed by atoms with Crippen LogP contribution in [0.25, 0.3) is 0 Å². The molecule has 1 rings (SSSR count). The molecule has 5 nitrogen and oxygen atoms in total. The van der Waals surface area contributed by atoms with Gasteiger partial charge in [-0.1, -0.05) is 0 Å². The molecule has 18 heavy (non-hydrogen) atoms. The van der Waals surface area contributed by atoms with Crippen LogP contribution < -0.4 is 5.32 Å². The average Bonchev–Trinajstić information content (AvgIpc) is 2.39. The summed E-state index contributed by atoms with van der Waals surface area (Å²) in [7, 11) is 0. The van der Waals surface area contributed by atoms with Gasteiger partial charge >= 0.3 is 0 Å². The van der Waals surface area contributed by atoms with Crippen molar-refractivity contribution in [2.75, 3.05) is 39.4 Å². The fourth-order valence-electron chi connectivity index (χ4n) is 1.83. The number of hydrogen-bond donors (Lipinski definition) is 1. The molecule has 0 aliphatic carbocycles. The molecule has 0 atom stereocenters. The van der Waals surface area contributed by atoms with Gasteiger partial charge < -0.3 is 15.0 Å². The molecule has 0 spiro atoms. The summed E-state index contributed by atoms with van der Waals surface area (Å²) in [6, 6.07) is 2.28. The minimum Gasteiger partial charge on any atom is -0.378 e. The van der Waals surface area contributed by atoms with Gasteiger partial charge in [-0.05, 0) is 33.2 Å². The molecule has 0 aromatic rings. The van der Waals surface area contributed by atoms with Crippen molar-refractivity contribution in [3.63, 3.8) is 0 Å². The predicted molar refractivity (Wildman–Crippen MR) is 68.9 cm³/mol. The SMILES string of the molecule is CC(C)(C#N)CCCNCC(=O)N1CCOCC1. The van der Waals surface area contributed by atoms with Crippen LogP contribution in [-0.2, 0) is 9.53 Å². The molecule has 1 aliphatic heterocycles. The zero-order valence-electron chi connectivity index (χ0n) is 11.4. The van der Waals surface area contributed by atoms with Gasteiger partial charge in [-0.25, -0.2) is 0 Å². The van der Waals surface area contributed by atoms with Gasteiger partial charge in [0.15, 0.2) is 0 Å². The first kappa shape index (κ1) is 14.9. The monoisotopic (exact) mass is 253 g/mol. The molecule has 0 aromatic carbocycles. The zero-order valence-corrected chi connectivity index (χ0v) is 11.4. The molecule has 102 valence electrons. The highest BCUT2D eigenvalue weighted by atomic mass is 16.5. The second kappa shape index (κ2) is 7.34. The van der Waals surface area contributed by atoms with Gasteiger partial charge in [0.05, 0.1) is 31.2 Å². The average molecular weight is 253 g/mol. The first-order chi connectivity index (χ1) is 8.55. The van der Waals surface area contributed by atoms with Crippen LogP contribution in [0.1, 0.15) is 26.7 Å². The minimum atomic E-state index is -0.268. The lowest BCUT2D eigenvalue weighted by Crippen LogP contribution is -2.44. The molecule has 1 N–H and O–H groups in total. The van der Waals surface area contributed by atoms with Gasteiger partial charge in [0.1, 0.15) is 0 Å². The van der Waals surface area contributed by atoms with E-state index < -0.39 is 0 Å². The van der Waals surface area contributed by atoms with Crippen molar-refractivity contribution in [3.8, 4) is 6.07 Å². The van der Waals surface area contributed by atoms with Crippen LogP contribution >= 0.6 is 0 Å². The van der Waals surface area contributed by atoms with Gasteiger partial charge in [-0.3, -0.25) is 4.79 Å². The number of nitrogens with zero attached hydrogens (tertiary/aromatic N) is 2. The Labute approximate surface area is 109 Å². The predicted octanol–water partition coefficient (Wildman–Crippen LogP) is 0.765. The minimum absolute atomic E-state index is 0.137. The summed E-state index contributed by atoms with van der Waals surface area (Å²) < 4.78 is 5.20. The molecule has 1 heterocycles. The lowest BCUT2D eigenvalue weighted by atomic mass is 9.90. The van der Waals surface area contributed by atoms with Gasteiger partial charge in [0.25, 0.3) is 0 Å². The number of amides is 1. The molecule has 1 amide bonds. The number of nitriles is 1. The second-order valence-electron chi connectivity index (χ2n) is 5.27. The van der Waals surface area contributed by atoms with Crippen LogP contribution in [-0.4, -0.2) is 50.2 Å². The number of carbonyl (C=O) groups excluding carboxylic acids is 1. The standard InChI is InChI=1S/C13H23N3O2/c1-13(2,11-14)4-3-5-15-10-12(17)16-6-8-18-9-7-16/h15H,3-10H2,1-2H3. The lowest BCUT2D eigenvalue weighted by Gasteiger charge is -2.27. The largest absolute Gasteiger partial charge is 0.378 e. The van der Waals surface area contributed by atoms with Crippen LogP contribution in [0.2, 0.25) is 0 Å². The van der Waals surface area contributed by atoms with Crippen LogP contribution in [0.3, 0.4) is 0 Å². The Morgan fingerprint density at radius 3 is 2.72 bits per heavy atom. The van der Waals surface area contributed by atoms with E-state index in [9.17, 15) is 4.79 Å². The maximum absolute atomic E-state index is 11.8. The van der Waals surface area contributed by atoms with E-state index in [2.05, 4.69) is 11.4 Å². The number of nitrogens with one attached hydrogen (secondary N) is 1. The molecule has 0 saturated carbocycles. The maximum atomic E-state index is 11.8. The van der Waals surface area contributed by atoms with Crippen molar-refractivity contribution < 1.29 is 9.53 Å². The topological polar surface area (TPSA) is 65.4 Å². The summed E-state index contributed by atoms with van der Waals surface area (Å²) in [5.74, 6) is 0.137. The van der Waals surface area contributed by atoms with Crippen molar-refractivity contribution in [1.82, 2.24) is 10.2 Å². The summed E-state index contributed by atoms with van der Waals surface area (Å²) in [6.07, 6.45) is 1.76. The third-order valence-electron chi connectivity index (χ3n) is 3.10. The molecule has 5 heteroatoms. The maximum Gasteiger partial charge on any atom is 0.236 e. The van der Waals surface area contributed by atoms with Crippen LogP contribution in [0.5, 0.6) is 0 Å². The first-order valence-electron chi connectivity index (χ1n) is 6.53. The van der Waals surface area contributed by atoms with Gasteiger partial charge in [-0.2, -0.15) is 5.26 Å². The molecule has 0 radical (unpaired) electrons. The quantitative estimate of drug-likeness (QED) is 0.710. The highest BCUT2D eigenvalue weighted by Gasteiger charge is 2.17. The van der Waals surface area contributed by atoms with E-state index in [0.29, 0.717) is 32.8 Å². The molecular formula is C13H23N3O2. The van der Waals surface area contributed by atoms with Crippen LogP contribution in [0, 0.1) is 16.7 Å². The van der Waals surface area contributed by atoms with Crippen molar-refractivity contribution >= 4 is 5.91 Å². The lowest BCUT2D eigenvalue weighted by molar-refractivity contribution is -0.134. The second-order valence-corrected chi connectivity index (χ2v) is 5.27. The summed E-state index contributed by atoms with van der Waals surface area (Å²) in [5.41, 5.74) is -0.268. The molecular weight excluding hydrogens is 230 g/mol. The van der Waals surface area contributed by atoms with Gasteiger partial charge in [0, 0.05) is 13.1 Å². The van der Waals surface area contributed by atoms with E-state index in [1.54, 1.807) is 0 Å². The molecule has 1 saturated heterocycles. The van der Waals surface area contributed by atoms with E-state index in [1.807, 2.05) is 18.7 Å².